The zero-order valence-corrected chi connectivity index (χ0v) is 18.3. The summed E-state index contributed by atoms with van der Waals surface area (Å²) in [6, 6.07) is 8.48. The molecule has 2 aromatic carbocycles. The van der Waals surface area contributed by atoms with E-state index in [-0.39, 0.29) is 24.2 Å². The number of hydrogen-bond acceptors (Lipinski definition) is 4. The van der Waals surface area contributed by atoms with Crippen LogP contribution in [0.4, 0.5) is 23.2 Å². The maximum absolute atomic E-state index is 13.5. The standard InChI is InChI=1S/C22H23BrF4N2O2/c23-16-2-4-20(31-11-15-1-3-18(24)17(9-15)22(25,26)27)19(10-16)29-6-5-21(14-29)12-28(13-21)7-8-30/h1-4,9-10,30H,5-8,11-14H2. The van der Waals surface area contributed by atoms with Crippen LogP contribution in [0.25, 0.3) is 0 Å². The third kappa shape index (κ3) is 4.83. The topological polar surface area (TPSA) is 35.9 Å². The number of β-amino-alcohol motifs (C(OH)–C–C–N with tert-alkyl or cyclic N) is 1. The highest BCUT2D eigenvalue weighted by Gasteiger charge is 2.47. The van der Waals surface area contributed by atoms with Crippen LogP contribution >= 0.6 is 15.9 Å². The molecule has 9 heteroatoms. The largest absolute Gasteiger partial charge is 0.487 e. The first-order chi connectivity index (χ1) is 14.7. The van der Waals surface area contributed by atoms with Gasteiger partial charge in [0.2, 0.25) is 0 Å². The molecule has 0 saturated carbocycles. The van der Waals surface area contributed by atoms with Crippen LogP contribution < -0.4 is 9.64 Å². The number of rotatable bonds is 6. The van der Waals surface area contributed by atoms with Crippen molar-refractivity contribution >= 4 is 21.6 Å². The molecule has 0 unspecified atom stereocenters. The third-order valence-corrected chi connectivity index (χ3v) is 6.46. The molecule has 2 aliphatic heterocycles. The molecule has 168 valence electrons. The summed E-state index contributed by atoms with van der Waals surface area (Å²) in [7, 11) is 0. The Hall–Kier alpha value is -1.84. The molecule has 1 spiro atoms. The third-order valence-electron chi connectivity index (χ3n) is 5.96. The van der Waals surface area contributed by atoms with E-state index in [4.69, 9.17) is 9.84 Å². The Bertz CT molecular complexity index is 948. The smallest absolute Gasteiger partial charge is 0.419 e. The summed E-state index contributed by atoms with van der Waals surface area (Å²) in [4.78, 5) is 4.47. The van der Waals surface area contributed by atoms with Crippen molar-refractivity contribution < 1.29 is 27.4 Å². The lowest BCUT2D eigenvalue weighted by molar-refractivity contribution is -0.140. The van der Waals surface area contributed by atoms with Crippen molar-refractivity contribution in [2.45, 2.75) is 19.2 Å². The highest BCUT2D eigenvalue weighted by Crippen LogP contribution is 2.44. The first kappa shape index (κ1) is 22.4. The highest BCUT2D eigenvalue weighted by molar-refractivity contribution is 9.10. The van der Waals surface area contributed by atoms with Crippen LogP contribution in [0.2, 0.25) is 0 Å². The second-order valence-corrected chi connectivity index (χ2v) is 9.23. The molecule has 0 aliphatic carbocycles. The van der Waals surface area contributed by atoms with E-state index in [1.807, 2.05) is 12.1 Å². The fraction of sp³-hybridized carbons (Fsp3) is 0.455. The van der Waals surface area contributed by atoms with Crippen molar-refractivity contribution in [1.82, 2.24) is 4.90 Å². The normalized spacial score (nSPS) is 18.5. The molecule has 31 heavy (non-hydrogen) atoms. The molecule has 0 radical (unpaired) electrons. The second-order valence-electron chi connectivity index (χ2n) is 8.32. The maximum Gasteiger partial charge on any atom is 0.419 e. The van der Waals surface area contributed by atoms with Crippen LogP contribution in [0.15, 0.2) is 40.9 Å². The SMILES string of the molecule is OCCN1CC2(CCN(c3cc(Br)ccc3OCc3ccc(F)c(C(F)(F)F)c3)C2)C1. The summed E-state index contributed by atoms with van der Waals surface area (Å²) in [5.74, 6) is -0.719. The number of nitrogens with zero attached hydrogens (tertiary/aromatic N) is 2. The maximum atomic E-state index is 13.5. The zero-order chi connectivity index (χ0) is 22.2. The Balaban J connectivity index is 1.48. The van der Waals surface area contributed by atoms with Gasteiger partial charge in [-0.1, -0.05) is 22.0 Å². The number of likely N-dealkylation sites (tertiary alicyclic amines) is 1. The van der Waals surface area contributed by atoms with Gasteiger partial charge in [0.1, 0.15) is 18.2 Å². The van der Waals surface area contributed by atoms with Crippen molar-refractivity contribution in [2.75, 3.05) is 44.2 Å². The monoisotopic (exact) mass is 502 g/mol. The molecule has 4 rings (SSSR count). The van der Waals surface area contributed by atoms with Crippen LogP contribution in [-0.2, 0) is 12.8 Å². The van der Waals surface area contributed by atoms with Gasteiger partial charge in [-0.25, -0.2) is 4.39 Å². The minimum atomic E-state index is -4.75. The van der Waals surface area contributed by atoms with E-state index in [1.54, 1.807) is 6.07 Å². The summed E-state index contributed by atoms with van der Waals surface area (Å²) in [5.41, 5.74) is 0.0421. The fourth-order valence-electron chi connectivity index (χ4n) is 4.50. The van der Waals surface area contributed by atoms with Gasteiger partial charge in [0, 0.05) is 42.6 Å². The molecular formula is C22H23BrF4N2O2. The number of hydrogen-bond donors (Lipinski definition) is 1. The first-order valence-electron chi connectivity index (χ1n) is 10.1. The molecule has 2 heterocycles. The summed E-state index contributed by atoms with van der Waals surface area (Å²) < 4.78 is 59.3. The number of benzene rings is 2. The molecule has 0 amide bonds. The number of halogens is 5. The minimum absolute atomic E-state index is 0.0960. The highest BCUT2D eigenvalue weighted by atomic mass is 79.9. The summed E-state index contributed by atoms with van der Waals surface area (Å²) in [6.07, 6.45) is -3.72. The molecule has 1 N–H and O–H groups in total. The van der Waals surface area contributed by atoms with E-state index < -0.39 is 17.6 Å². The molecule has 0 atom stereocenters. The van der Waals surface area contributed by atoms with E-state index in [1.165, 1.54) is 6.07 Å². The summed E-state index contributed by atoms with van der Waals surface area (Å²) in [5, 5.41) is 9.10. The molecule has 2 saturated heterocycles. The van der Waals surface area contributed by atoms with Crippen LogP contribution in [0.5, 0.6) is 5.75 Å². The minimum Gasteiger partial charge on any atom is -0.487 e. The Kier molecular flexibility index (Phi) is 6.20. The summed E-state index contributed by atoms with van der Waals surface area (Å²) >= 11 is 3.48. The van der Waals surface area contributed by atoms with Crippen molar-refractivity contribution in [2.24, 2.45) is 5.41 Å². The van der Waals surface area contributed by atoms with Gasteiger partial charge in [0.15, 0.2) is 0 Å². The first-order valence-corrected chi connectivity index (χ1v) is 10.8. The molecule has 2 aliphatic rings. The number of alkyl halides is 3. The van der Waals surface area contributed by atoms with E-state index >= 15 is 0 Å². The predicted molar refractivity (Wildman–Crippen MR) is 113 cm³/mol. The van der Waals surface area contributed by atoms with E-state index in [9.17, 15) is 17.6 Å². The van der Waals surface area contributed by atoms with Gasteiger partial charge in [-0.3, -0.25) is 4.90 Å². The zero-order valence-electron chi connectivity index (χ0n) is 16.8. The van der Waals surface area contributed by atoms with Gasteiger partial charge >= 0.3 is 6.18 Å². The van der Waals surface area contributed by atoms with Crippen molar-refractivity contribution in [3.05, 3.63) is 57.8 Å². The molecule has 2 fully saturated rings. The Morgan fingerprint density at radius 3 is 2.58 bits per heavy atom. The van der Waals surface area contributed by atoms with Gasteiger partial charge in [0.05, 0.1) is 17.9 Å². The van der Waals surface area contributed by atoms with Crippen LogP contribution in [0, 0.1) is 11.2 Å². The molecule has 4 nitrogen and oxygen atoms in total. The number of ether oxygens (including phenoxy) is 1. The summed E-state index contributed by atoms with van der Waals surface area (Å²) in [6.45, 7) is 4.36. The van der Waals surface area contributed by atoms with Crippen LogP contribution in [-0.4, -0.2) is 49.3 Å². The lowest BCUT2D eigenvalue weighted by Gasteiger charge is -2.48. The Labute approximate surface area is 186 Å². The lowest BCUT2D eigenvalue weighted by Crippen LogP contribution is -2.58. The molecule has 0 aromatic heterocycles. The fourth-order valence-corrected chi connectivity index (χ4v) is 4.85. The van der Waals surface area contributed by atoms with Crippen molar-refractivity contribution in [3.8, 4) is 5.75 Å². The molecule has 2 aromatic rings. The number of anilines is 1. The van der Waals surface area contributed by atoms with E-state index in [2.05, 4.69) is 25.7 Å². The number of aliphatic hydroxyl groups is 1. The quantitative estimate of drug-likeness (QED) is 0.581. The average Bonchev–Trinajstić information content (AvgIpc) is 3.12. The number of aliphatic hydroxyl groups excluding tert-OH is 1. The van der Waals surface area contributed by atoms with Gasteiger partial charge in [-0.15, -0.1) is 0 Å². The van der Waals surface area contributed by atoms with Crippen molar-refractivity contribution in [3.63, 3.8) is 0 Å². The van der Waals surface area contributed by atoms with Crippen LogP contribution in [0.1, 0.15) is 17.5 Å². The van der Waals surface area contributed by atoms with E-state index in [0.717, 1.165) is 54.9 Å². The van der Waals surface area contributed by atoms with Gasteiger partial charge < -0.3 is 14.7 Å². The van der Waals surface area contributed by atoms with E-state index in [0.29, 0.717) is 12.3 Å². The lowest BCUT2D eigenvalue weighted by atomic mass is 9.79. The van der Waals surface area contributed by atoms with Crippen LogP contribution in [0.3, 0.4) is 0 Å². The predicted octanol–water partition coefficient (Wildman–Crippen LogP) is 4.69. The van der Waals surface area contributed by atoms with Crippen molar-refractivity contribution in [1.29, 1.82) is 0 Å². The molecule has 0 bridgehead atoms. The van der Waals surface area contributed by atoms with Gasteiger partial charge in [0.25, 0.3) is 0 Å². The molecular weight excluding hydrogens is 480 g/mol. The Morgan fingerprint density at radius 2 is 1.87 bits per heavy atom. The van der Waals surface area contributed by atoms with Gasteiger partial charge in [-0.2, -0.15) is 13.2 Å². The van der Waals surface area contributed by atoms with Gasteiger partial charge in [-0.05, 0) is 42.3 Å². The second kappa shape index (κ2) is 8.60. The Morgan fingerprint density at radius 1 is 1.10 bits per heavy atom. The average molecular weight is 503 g/mol.